The average molecular weight is 423 g/mol. The third kappa shape index (κ3) is 3.62. The van der Waals surface area contributed by atoms with Gasteiger partial charge in [-0.05, 0) is 41.0 Å². The predicted octanol–water partition coefficient (Wildman–Crippen LogP) is 3.55. The van der Waals surface area contributed by atoms with Gasteiger partial charge in [-0.1, -0.05) is 48.0 Å². The highest BCUT2D eigenvalue weighted by Gasteiger charge is 2.43. The molecule has 1 aromatic rings. The van der Waals surface area contributed by atoms with Crippen LogP contribution in [0.15, 0.2) is 76.9 Å². The predicted molar refractivity (Wildman–Crippen MR) is 115 cm³/mol. The number of carboxylic acids is 1. The number of benzene rings is 1. The van der Waals surface area contributed by atoms with E-state index in [2.05, 4.69) is 10.6 Å². The Morgan fingerprint density at radius 3 is 2.67 bits per heavy atom. The Labute approximate surface area is 178 Å². The lowest BCUT2D eigenvalue weighted by Gasteiger charge is -2.41. The van der Waals surface area contributed by atoms with E-state index in [0.29, 0.717) is 22.8 Å². The zero-order chi connectivity index (χ0) is 21.3. The number of nitrogens with one attached hydrogen (secondary N) is 2. The monoisotopic (exact) mass is 422 g/mol. The molecule has 2 amide bonds. The van der Waals surface area contributed by atoms with Crippen molar-refractivity contribution in [3.8, 4) is 0 Å². The second-order valence-corrected chi connectivity index (χ2v) is 7.74. The summed E-state index contributed by atoms with van der Waals surface area (Å²) in [4.78, 5) is 35.2. The zero-order valence-corrected chi connectivity index (χ0v) is 16.7. The lowest BCUT2D eigenvalue weighted by Crippen LogP contribution is -2.45. The second-order valence-electron chi connectivity index (χ2n) is 7.31. The summed E-state index contributed by atoms with van der Waals surface area (Å²) in [5, 5.41) is 15.0. The number of halogens is 1. The van der Waals surface area contributed by atoms with Crippen molar-refractivity contribution in [3.63, 3.8) is 0 Å². The first-order valence-electron chi connectivity index (χ1n) is 9.49. The number of hydrogen-bond donors (Lipinski definition) is 3. The number of aliphatic carboxylic acids is 1. The maximum atomic E-state index is 12.8. The van der Waals surface area contributed by atoms with Crippen molar-refractivity contribution in [2.45, 2.75) is 12.8 Å². The zero-order valence-electron chi connectivity index (χ0n) is 15.9. The van der Waals surface area contributed by atoms with Crippen molar-refractivity contribution < 1.29 is 19.5 Å². The first-order valence-corrected chi connectivity index (χ1v) is 9.87. The van der Waals surface area contributed by atoms with Crippen molar-refractivity contribution in [2.24, 2.45) is 5.41 Å². The maximum Gasteiger partial charge on any atom is 0.303 e. The van der Waals surface area contributed by atoms with Gasteiger partial charge < -0.3 is 15.7 Å². The standard InChI is InChI=1S/C23H19ClN2O4/c24-16-10-11-23-13-25-22(30)21(18(23)3-1-2-15(23)12-16)14-4-6-17(7-5-14)26-19(27)8-9-20(28)29/h1-7,10-12H,8-9,13H2,(H,25,30)(H,26,27)(H,28,29). The van der Waals surface area contributed by atoms with Gasteiger partial charge in [-0.25, -0.2) is 0 Å². The molecule has 7 heteroatoms. The van der Waals surface area contributed by atoms with E-state index < -0.39 is 11.4 Å². The third-order valence-electron chi connectivity index (χ3n) is 5.40. The SMILES string of the molecule is O=C(O)CCC(=O)Nc1ccc(C2=C3C=CC=C4C=C(Cl)C=CC43CNC2=O)cc1. The summed E-state index contributed by atoms with van der Waals surface area (Å²) in [5.74, 6) is -1.55. The molecular weight excluding hydrogens is 404 g/mol. The number of allylic oxidation sites excluding steroid dienone is 6. The van der Waals surface area contributed by atoms with Crippen molar-refractivity contribution in [1.29, 1.82) is 0 Å². The van der Waals surface area contributed by atoms with Gasteiger partial charge in [0.2, 0.25) is 5.91 Å². The lowest BCUT2D eigenvalue weighted by molar-refractivity contribution is -0.138. The molecule has 0 fully saturated rings. The van der Waals surface area contributed by atoms with Crippen LogP contribution in [0.3, 0.4) is 0 Å². The fourth-order valence-corrected chi connectivity index (χ4v) is 4.11. The minimum Gasteiger partial charge on any atom is -0.481 e. The Bertz CT molecular complexity index is 1090. The van der Waals surface area contributed by atoms with Gasteiger partial charge in [-0.15, -0.1) is 0 Å². The maximum absolute atomic E-state index is 12.8. The fourth-order valence-electron chi connectivity index (χ4n) is 3.93. The molecule has 2 aliphatic carbocycles. The fraction of sp³-hybridized carbons (Fsp3) is 0.174. The van der Waals surface area contributed by atoms with Gasteiger partial charge in [0.25, 0.3) is 5.91 Å². The van der Waals surface area contributed by atoms with Crippen LogP contribution in [0.1, 0.15) is 18.4 Å². The molecule has 0 saturated heterocycles. The van der Waals surface area contributed by atoms with Gasteiger partial charge in [0.15, 0.2) is 0 Å². The van der Waals surface area contributed by atoms with E-state index in [1.165, 1.54) is 0 Å². The Balaban J connectivity index is 1.65. The third-order valence-corrected chi connectivity index (χ3v) is 5.64. The van der Waals surface area contributed by atoms with Crippen molar-refractivity contribution >= 4 is 40.6 Å². The quantitative estimate of drug-likeness (QED) is 0.676. The van der Waals surface area contributed by atoms with E-state index in [9.17, 15) is 14.4 Å². The highest BCUT2D eigenvalue weighted by Crippen LogP contribution is 2.49. The summed E-state index contributed by atoms with van der Waals surface area (Å²) < 4.78 is 0. The lowest BCUT2D eigenvalue weighted by atomic mass is 9.65. The van der Waals surface area contributed by atoms with Crippen LogP contribution in [0.5, 0.6) is 0 Å². The number of amides is 2. The van der Waals surface area contributed by atoms with Gasteiger partial charge in [0, 0.05) is 23.7 Å². The van der Waals surface area contributed by atoms with Crippen molar-refractivity contribution in [2.75, 3.05) is 11.9 Å². The molecule has 0 bridgehead atoms. The summed E-state index contributed by atoms with van der Waals surface area (Å²) in [6.45, 7) is 0.454. The summed E-state index contributed by atoms with van der Waals surface area (Å²) in [7, 11) is 0. The van der Waals surface area contributed by atoms with Crippen molar-refractivity contribution in [3.05, 3.63) is 82.5 Å². The van der Waals surface area contributed by atoms with Gasteiger partial charge >= 0.3 is 5.97 Å². The topological polar surface area (TPSA) is 95.5 Å². The Kier molecular flexibility index (Phi) is 5.18. The van der Waals surface area contributed by atoms with E-state index in [0.717, 1.165) is 16.7 Å². The van der Waals surface area contributed by atoms with Gasteiger partial charge in [-0.2, -0.15) is 0 Å². The Morgan fingerprint density at radius 1 is 1.17 bits per heavy atom. The summed E-state index contributed by atoms with van der Waals surface area (Å²) >= 11 is 6.18. The van der Waals surface area contributed by atoms with Crippen LogP contribution in [0, 0.1) is 5.41 Å². The van der Waals surface area contributed by atoms with Crippen LogP contribution in [-0.2, 0) is 14.4 Å². The number of carbonyl (C=O) groups is 3. The molecule has 1 spiro atoms. The number of rotatable bonds is 5. The van der Waals surface area contributed by atoms with Crippen LogP contribution in [0.25, 0.3) is 5.57 Å². The van der Waals surface area contributed by atoms with E-state index in [1.807, 2.05) is 36.5 Å². The van der Waals surface area contributed by atoms with Gasteiger partial charge in [-0.3, -0.25) is 14.4 Å². The van der Waals surface area contributed by atoms with Crippen LogP contribution < -0.4 is 10.6 Å². The molecule has 3 aliphatic rings. The van der Waals surface area contributed by atoms with Crippen LogP contribution in [-0.4, -0.2) is 29.4 Å². The molecular formula is C23H19ClN2O4. The molecule has 1 unspecified atom stereocenters. The molecule has 30 heavy (non-hydrogen) atoms. The molecule has 6 nitrogen and oxygen atoms in total. The molecule has 1 atom stereocenters. The minimum atomic E-state index is -1.02. The van der Waals surface area contributed by atoms with Gasteiger partial charge in [0.1, 0.15) is 0 Å². The molecule has 152 valence electrons. The molecule has 4 rings (SSSR count). The summed E-state index contributed by atoms with van der Waals surface area (Å²) in [6.07, 6.45) is 11.3. The van der Waals surface area contributed by atoms with E-state index >= 15 is 0 Å². The Hall–Kier alpha value is -3.38. The van der Waals surface area contributed by atoms with Gasteiger partial charge in [0.05, 0.1) is 17.4 Å². The summed E-state index contributed by atoms with van der Waals surface area (Å²) in [6, 6.07) is 6.95. The molecule has 3 N–H and O–H groups in total. The summed E-state index contributed by atoms with van der Waals surface area (Å²) in [5.41, 5.74) is 3.30. The van der Waals surface area contributed by atoms with E-state index in [1.54, 1.807) is 24.3 Å². The highest BCUT2D eigenvalue weighted by molar-refractivity contribution is 6.31. The van der Waals surface area contributed by atoms with E-state index in [4.69, 9.17) is 16.7 Å². The number of carboxylic acid groups (broad SMARTS) is 1. The highest BCUT2D eigenvalue weighted by atomic mass is 35.5. The Morgan fingerprint density at radius 2 is 1.93 bits per heavy atom. The van der Waals surface area contributed by atoms with Crippen LogP contribution in [0.4, 0.5) is 5.69 Å². The molecule has 0 radical (unpaired) electrons. The first kappa shape index (κ1) is 19.9. The smallest absolute Gasteiger partial charge is 0.303 e. The number of hydrogen-bond acceptors (Lipinski definition) is 3. The molecule has 1 heterocycles. The minimum absolute atomic E-state index is 0.0976. The second kappa shape index (κ2) is 7.80. The van der Waals surface area contributed by atoms with Crippen molar-refractivity contribution in [1.82, 2.24) is 5.32 Å². The normalized spacial score (nSPS) is 21.8. The molecule has 0 aromatic heterocycles. The molecule has 1 aromatic carbocycles. The largest absolute Gasteiger partial charge is 0.481 e. The van der Waals surface area contributed by atoms with E-state index in [-0.39, 0.29) is 24.7 Å². The molecule has 1 aliphatic heterocycles. The first-order chi connectivity index (χ1) is 14.4. The van der Waals surface area contributed by atoms with Crippen LogP contribution >= 0.6 is 11.6 Å². The number of anilines is 1. The number of carbonyl (C=O) groups excluding carboxylic acids is 2. The average Bonchev–Trinajstić information content (AvgIpc) is 2.72. The molecule has 0 saturated carbocycles. The van der Waals surface area contributed by atoms with Crippen LogP contribution in [0.2, 0.25) is 0 Å².